The molecule has 122 valence electrons. The van der Waals surface area contributed by atoms with Gasteiger partial charge in [0, 0.05) is 27.4 Å². The standard InChI is InChI=1S/C18H20BrNO3/c1-5-23-18(22)16-11(3)20-10(2)15(12(4)21)17(16)13-6-8-14(19)9-7-13/h6-9,17,20H,5H2,1-4H3/t17-/m0/s1. The number of Topliss-reactive ketones (excluding diaryl/α,β-unsaturated/α-hetero) is 1. The number of benzene rings is 1. The van der Waals surface area contributed by atoms with E-state index >= 15 is 0 Å². The molecule has 1 atom stereocenters. The summed E-state index contributed by atoms with van der Waals surface area (Å²) in [5, 5.41) is 3.14. The molecule has 0 spiro atoms. The zero-order chi connectivity index (χ0) is 17.1. The summed E-state index contributed by atoms with van der Waals surface area (Å²) in [5.74, 6) is -0.866. The van der Waals surface area contributed by atoms with E-state index in [1.165, 1.54) is 6.92 Å². The number of allylic oxidation sites excluding steroid dienone is 3. The molecule has 5 heteroatoms. The fourth-order valence-corrected chi connectivity index (χ4v) is 3.19. The number of dihydropyridines is 1. The van der Waals surface area contributed by atoms with Crippen LogP contribution in [-0.2, 0) is 14.3 Å². The van der Waals surface area contributed by atoms with E-state index in [9.17, 15) is 9.59 Å². The number of rotatable bonds is 4. The Hall–Kier alpha value is -1.88. The molecular weight excluding hydrogens is 358 g/mol. The minimum atomic E-state index is -0.416. The molecule has 1 aliphatic heterocycles. The molecule has 0 aromatic heterocycles. The van der Waals surface area contributed by atoms with Gasteiger partial charge in [0.25, 0.3) is 0 Å². The second-order valence-electron chi connectivity index (χ2n) is 5.46. The first-order valence-corrected chi connectivity index (χ1v) is 8.28. The number of halogens is 1. The van der Waals surface area contributed by atoms with E-state index in [0.29, 0.717) is 17.8 Å². The Bertz CT molecular complexity index is 701. The van der Waals surface area contributed by atoms with Gasteiger partial charge in [0.05, 0.1) is 12.2 Å². The lowest BCUT2D eigenvalue weighted by molar-refractivity contribution is -0.138. The van der Waals surface area contributed by atoms with Crippen molar-refractivity contribution in [1.29, 1.82) is 0 Å². The van der Waals surface area contributed by atoms with E-state index in [2.05, 4.69) is 21.2 Å². The maximum atomic E-state index is 12.5. The number of nitrogens with one attached hydrogen (secondary N) is 1. The second kappa shape index (κ2) is 7.13. The summed E-state index contributed by atoms with van der Waals surface area (Å²) >= 11 is 3.41. The highest BCUT2D eigenvalue weighted by Gasteiger charge is 2.35. The third-order valence-corrected chi connectivity index (χ3v) is 4.37. The van der Waals surface area contributed by atoms with E-state index in [0.717, 1.165) is 21.4 Å². The molecule has 0 aliphatic carbocycles. The van der Waals surface area contributed by atoms with Crippen LogP contribution in [0.1, 0.15) is 39.2 Å². The van der Waals surface area contributed by atoms with Gasteiger partial charge in [0.15, 0.2) is 5.78 Å². The molecule has 1 aromatic carbocycles. The van der Waals surface area contributed by atoms with Crippen molar-refractivity contribution in [1.82, 2.24) is 5.32 Å². The Kier molecular flexibility index (Phi) is 5.42. The van der Waals surface area contributed by atoms with Gasteiger partial charge in [-0.05, 0) is 45.4 Å². The summed E-state index contributed by atoms with van der Waals surface area (Å²) < 4.78 is 6.15. The predicted octanol–water partition coefficient (Wildman–Crippen LogP) is 3.84. The van der Waals surface area contributed by atoms with Crippen LogP contribution in [0.25, 0.3) is 0 Å². The van der Waals surface area contributed by atoms with Crippen LogP contribution in [0, 0.1) is 0 Å². The van der Waals surface area contributed by atoms with Gasteiger partial charge in [-0.2, -0.15) is 0 Å². The molecule has 0 fully saturated rings. The van der Waals surface area contributed by atoms with Crippen LogP contribution < -0.4 is 5.32 Å². The fraction of sp³-hybridized carbons (Fsp3) is 0.333. The molecule has 23 heavy (non-hydrogen) atoms. The average Bonchev–Trinajstić information content (AvgIpc) is 2.46. The molecule has 1 aromatic rings. The molecule has 1 heterocycles. The second-order valence-corrected chi connectivity index (χ2v) is 6.38. The summed E-state index contributed by atoms with van der Waals surface area (Å²) in [6.45, 7) is 7.27. The number of ketones is 1. The average molecular weight is 378 g/mol. The number of hydrogen-bond acceptors (Lipinski definition) is 4. The Morgan fingerprint density at radius 2 is 1.70 bits per heavy atom. The Morgan fingerprint density at radius 3 is 2.22 bits per heavy atom. The van der Waals surface area contributed by atoms with Gasteiger partial charge < -0.3 is 10.1 Å². The smallest absolute Gasteiger partial charge is 0.336 e. The van der Waals surface area contributed by atoms with Crippen LogP contribution in [0.15, 0.2) is 51.3 Å². The fourth-order valence-electron chi connectivity index (χ4n) is 2.93. The molecule has 0 saturated carbocycles. The van der Waals surface area contributed by atoms with Gasteiger partial charge >= 0.3 is 5.97 Å². The topological polar surface area (TPSA) is 55.4 Å². The molecule has 1 N–H and O–H groups in total. The summed E-state index contributed by atoms with van der Waals surface area (Å²) in [6.07, 6.45) is 0. The van der Waals surface area contributed by atoms with E-state index < -0.39 is 11.9 Å². The number of esters is 1. The van der Waals surface area contributed by atoms with Crippen LogP contribution in [0.3, 0.4) is 0 Å². The molecule has 0 amide bonds. The largest absolute Gasteiger partial charge is 0.463 e. The zero-order valence-corrected chi connectivity index (χ0v) is 15.3. The Balaban J connectivity index is 2.63. The zero-order valence-electron chi connectivity index (χ0n) is 13.7. The highest BCUT2D eigenvalue weighted by Crippen LogP contribution is 2.39. The highest BCUT2D eigenvalue weighted by molar-refractivity contribution is 9.10. The molecule has 1 aliphatic rings. The maximum absolute atomic E-state index is 12.5. The minimum Gasteiger partial charge on any atom is -0.463 e. The lowest BCUT2D eigenvalue weighted by Gasteiger charge is -2.30. The maximum Gasteiger partial charge on any atom is 0.336 e. The van der Waals surface area contributed by atoms with Crippen molar-refractivity contribution in [2.45, 2.75) is 33.6 Å². The van der Waals surface area contributed by atoms with Gasteiger partial charge in [-0.15, -0.1) is 0 Å². The van der Waals surface area contributed by atoms with Gasteiger partial charge in [-0.3, -0.25) is 4.79 Å². The number of carbonyl (C=O) groups excluding carboxylic acids is 2. The van der Waals surface area contributed by atoms with E-state index in [-0.39, 0.29) is 5.78 Å². The summed E-state index contributed by atoms with van der Waals surface area (Å²) in [4.78, 5) is 24.7. The third-order valence-electron chi connectivity index (χ3n) is 3.84. The Morgan fingerprint density at radius 1 is 1.13 bits per heavy atom. The van der Waals surface area contributed by atoms with Crippen molar-refractivity contribution in [2.75, 3.05) is 6.61 Å². The summed E-state index contributed by atoms with van der Waals surface area (Å²) in [6, 6.07) is 7.65. The monoisotopic (exact) mass is 377 g/mol. The van der Waals surface area contributed by atoms with Crippen molar-refractivity contribution in [3.05, 3.63) is 56.8 Å². The van der Waals surface area contributed by atoms with Crippen molar-refractivity contribution in [2.24, 2.45) is 0 Å². The van der Waals surface area contributed by atoms with Crippen molar-refractivity contribution in [3.63, 3.8) is 0 Å². The number of hydrogen-bond donors (Lipinski definition) is 1. The molecular formula is C18H20BrNO3. The van der Waals surface area contributed by atoms with Crippen LogP contribution in [0.2, 0.25) is 0 Å². The van der Waals surface area contributed by atoms with Gasteiger partial charge in [0.1, 0.15) is 0 Å². The SMILES string of the molecule is CCOC(=O)C1=C(C)NC(C)=C(C(C)=O)[C@@H]1c1ccc(Br)cc1. The first-order chi connectivity index (χ1) is 10.9. The summed E-state index contributed by atoms with van der Waals surface area (Å²) in [7, 11) is 0. The van der Waals surface area contributed by atoms with Crippen LogP contribution in [-0.4, -0.2) is 18.4 Å². The van der Waals surface area contributed by atoms with E-state index in [1.807, 2.05) is 38.1 Å². The van der Waals surface area contributed by atoms with Crippen LogP contribution in [0.5, 0.6) is 0 Å². The molecule has 2 rings (SSSR count). The lowest BCUT2D eigenvalue weighted by Crippen LogP contribution is -2.31. The molecule has 0 unspecified atom stereocenters. The van der Waals surface area contributed by atoms with Crippen LogP contribution in [0.4, 0.5) is 0 Å². The van der Waals surface area contributed by atoms with Gasteiger partial charge in [0.2, 0.25) is 0 Å². The molecule has 4 nitrogen and oxygen atoms in total. The minimum absolute atomic E-state index is 0.0581. The summed E-state index contributed by atoms with van der Waals surface area (Å²) in [5.41, 5.74) is 3.47. The van der Waals surface area contributed by atoms with Gasteiger partial charge in [-0.1, -0.05) is 28.1 Å². The molecule has 0 radical (unpaired) electrons. The van der Waals surface area contributed by atoms with Crippen molar-refractivity contribution in [3.8, 4) is 0 Å². The molecule has 0 bridgehead atoms. The highest BCUT2D eigenvalue weighted by atomic mass is 79.9. The van der Waals surface area contributed by atoms with Crippen molar-refractivity contribution < 1.29 is 14.3 Å². The first-order valence-electron chi connectivity index (χ1n) is 7.48. The normalized spacial score (nSPS) is 17.9. The van der Waals surface area contributed by atoms with Crippen molar-refractivity contribution >= 4 is 27.7 Å². The third kappa shape index (κ3) is 3.55. The quantitative estimate of drug-likeness (QED) is 0.809. The Labute approximate surface area is 144 Å². The predicted molar refractivity (Wildman–Crippen MR) is 92.7 cm³/mol. The van der Waals surface area contributed by atoms with E-state index in [1.54, 1.807) is 6.92 Å². The first kappa shape index (κ1) is 17.5. The number of carbonyl (C=O) groups is 2. The lowest BCUT2D eigenvalue weighted by atomic mass is 9.79. The van der Waals surface area contributed by atoms with Gasteiger partial charge in [-0.25, -0.2) is 4.79 Å². The number of ether oxygens (including phenoxy) is 1. The van der Waals surface area contributed by atoms with Crippen LogP contribution >= 0.6 is 15.9 Å². The molecule has 0 saturated heterocycles. The van der Waals surface area contributed by atoms with E-state index in [4.69, 9.17) is 4.74 Å².